The average Bonchev–Trinajstić information content (AvgIpc) is 2.97. The van der Waals surface area contributed by atoms with Gasteiger partial charge in [0.25, 0.3) is 0 Å². The third-order valence-corrected chi connectivity index (χ3v) is 6.49. The molecule has 0 N–H and O–H groups in total. The molecule has 0 saturated carbocycles. The summed E-state index contributed by atoms with van der Waals surface area (Å²) < 4.78 is 1.31. The molecule has 3 heteroatoms. The monoisotopic (exact) mass is 358 g/mol. The van der Waals surface area contributed by atoms with Gasteiger partial charge in [-0.15, -0.1) is 0 Å². The fourth-order valence-electron chi connectivity index (χ4n) is 2.60. The molecule has 0 bridgehead atoms. The number of unbranched alkanes of at least 4 members (excludes halogenated alkanes) is 1. The maximum atomic E-state index is 4.94. The van der Waals surface area contributed by atoms with Crippen molar-refractivity contribution in [2.75, 3.05) is 13.1 Å². The number of amidine groups is 1. The van der Waals surface area contributed by atoms with Crippen LogP contribution in [-0.4, -0.2) is 37.7 Å². The minimum atomic E-state index is 0.408. The maximum absolute atomic E-state index is 4.94. The van der Waals surface area contributed by atoms with Gasteiger partial charge in [-0.25, -0.2) is 0 Å². The van der Waals surface area contributed by atoms with E-state index in [1.165, 1.54) is 23.1 Å². The van der Waals surface area contributed by atoms with Crippen LogP contribution in [0.5, 0.6) is 0 Å². The molecular weight excluding hydrogens is 335 g/mol. The molecule has 0 aliphatic carbocycles. The van der Waals surface area contributed by atoms with Crippen molar-refractivity contribution in [1.29, 1.82) is 0 Å². The van der Waals surface area contributed by atoms with E-state index in [9.17, 15) is 0 Å². The van der Waals surface area contributed by atoms with Crippen molar-refractivity contribution in [2.24, 2.45) is 4.99 Å². The van der Waals surface area contributed by atoms with Gasteiger partial charge < -0.3 is 0 Å². The Hall–Kier alpha value is -1.57. The zero-order valence-corrected chi connectivity index (χ0v) is 14.7. The van der Waals surface area contributed by atoms with E-state index in [-0.39, 0.29) is 0 Å². The number of nitrogens with zero attached hydrogens (tertiary/aromatic N) is 2. The van der Waals surface area contributed by atoms with Gasteiger partial charge in [-0.05, 0) is 0 Å². The Morgan fingerprint density at radius 3 is 2.41 bits per heavy atom. The van der Waals surface area contributed by atoms with E-state index in [0.29, 0.717) is 19.8 Å². The average molecular weight is 357 g/mol. The van der Waals surface area contributed by atoms with Crippen LogP contribution in [0.1, 0.15) is 30.1 Å². The van der Waals surface area contributed by atoms with E-state index < -0.39 is 0 Å². The molecule has 1 heterocycles. The second-order valence-corrected chi connectivity index (χ2v) is 8.00. The van der Waals surface area contributed by atoms with E-state index >= 15 is 0 Å². The second-order valence-electron chi connectivity index (χ2n) is 5.55. The van der Waals surface area contributed by atoms with Gasteiger partial charge in [0.2, 0.25) is 0 Å². The van der Waals surface area contributed by atoms with Gasteiger partial charge in [0.15, 0.2) is 0 Å². The van der Waals surface area contributed by atoms with Gasteiger partial charge in [-0.3, -0.25) is 0 Å². The van der Waals surface area contributed by atoms with Gasteiger partial charge in [0.05, 0.1) is 0 Å². The SMILES string of the molecule is CCCCN1CC(c2ccccc2)[Se]C1=Nc1ccccc1. The molecule has 1 unspecified atom stereocenters. The van der Waals surface area contributed by atoms with E-state index in [1.54, 1.807) is 0 Å². The van der Waals surface area contributed by atoms with Gasteiger partial charge in [0, 0.05) is 0 Å². The molecule has 2 aromatic carbocycles. The van der Waals surface area contributed by atoms with Gasteiger partial charge in [-0.2, -0.15) is 0 Å². The Morgan fingerprint density at radius 2 is 1.73 bits per heavy atom. The summed E-state index contributed by atoms with van der Waals surface area (Å²) in [4.78, 5) is 8.08. The van der Waals surface area contributed by atoms with Gasteiger partial charge >= 0.3 is 139 Å². The first-order valence-electron chi connectivity index (χ1n) is 7.97. The van der Waals surface area contributed by atoms with Crippen molar-refractivity contribution in [2.45, 2.75) is 24.6 Å². The Bertz CT molecular complexity index is 610. The molecule has 2 aromatic rings. The predicted molar refractivity (Wildman–Crippen MR) is 95.0 cm³/mol. The van der Waals surface area contributed by atoms with E-state index in [4.69, 9.17) is 4.99 Å². The van der Waals surface area contributed by atoms with Crippen molar-refractivity contribution in [3.8, 4) is 0 Å². The number of rotatable bonds is 5. The van der Waals surface area contributed by atoms with Crippen molar-refractivity contribution in [1.82, 2.24) is 4.90 Å². The van der Waals surface area contributed by atoms with E-state index in [0.717, 1.165) is 18.8 Å². The zero-order valence-electron chi connectivity index (χ0n) is 13.0. The van der Waals surface area contributed by atoms with Crippen LogP contribution < -0.4 is 0 Å². The van der Waals surface area contributed by atoms with Crippen molar-refractivity contribution < 1.29 is 0 Å². The summed E-state index contributed by atoms with van der Waals surface area (Å²) in [5.74, 6) is 0. The van der Waals surface area contributed by atoms with Crippen LogP contribution in [0.15, 0.2) is 65.7 Å². The molecule has 1 aliphatic rings. The molecule has 1 atom stereocenters. The van der Waals surface area contributed by atoms with Crippen molar-refractivity contribution in [3.05, 3.63) is 66.2 Å². The Kier molecular flexibility index (Phi) is 5.31. The van der Waals surface area contributed by atoms with Crippen molar-refractivity contribution >= 4 is 25.4 Å². The number of hydrogen-bond donors (Lipinski definition) is 0. The first-order chi connectivity index (χ1) is 10.9. The fraction of sp³-hybridized carbons (Fsp3) is 0.316. The van der Waals surface area contributed by atoms with E-state index in [2.05, 4.69) is 66.4 Å². The van der Waals surface area contributed by atoms with Crippen LogP contribution in [0, 0.1) is 0 Å². The summed E-state index contributed by atoms with van der Waals surface area (Å²) in [6, 6.07) is 21.3. The molecule has 2 nitrogen and oxygen atoms in total. The van der Waals surface area contributed by atoms with Crippen LogP contribution in [0.4, 0.5) is 5.69 Å². The van der Waals surface area contributed by atoms with Crippen LogP contribution in [0.3, 0.4) is 0 Å². The summed E-state index contributed by atoms with van der Waals surface area (Å²) in [6.07, 6.45) is 2.48. The Balaban J connectivity index is 1.81. The third kappa shape index (κ3) is 3.79. The molecule has 114 valence electrons. The number of hydrogen-bond acceptors (Lipinski definition) is 1. The summed E-state index contributed by atoms with van der Waals surface area (Å²) in [5, 5.41) is 0. The fourth-order valence-corrected chi connectivity index (χ4v) is 5.28. The molecule has 1 aliphatic heterocycles. The number of benzene rings is 2. The first kappa shape index (κ1) is 15.3. The predicted octanol–water partition coefficient (Wildman–Crippen LogP) is 4.24. The summed E-state index contributed by atoms with van der Waals surface area (Å²) >= 11 is 0.408. The van der Waals surface area contributed by atoms with E-state index in [1.807, 2.05) is 6.07 Å². The normalized spacial score (nSPS) is 19.8. The van der Waals surface area contributed by atoms with Gasteiger partial charge in [0.1, 0.15) is 0 Å². The summed E-state index contributed by atoms with van der Waals surface area (Å²) in [5.41, 5.74) is 2.54. The summed E-state index contributed by atoms with van der Waals surface area (Å²) in [6.45, 7) is 4.51. The first-order valence-corrected chi connectivity index (χ1v) is 9.81. The van der Waals surface area contributed by atoms with Crippen LogP contribution in [-0.2, 0) is 0 Å². The Labute approximate surface area is 139 Å². The molecule has 0 amide bonds. The van der Waals surface area contributed by atoms with Crippen LogP contribution >= 0.6 is 0 Å². The van der Waals surface area contributed by atoms with Crippen molar-refractivity contribution in [3.63, 3.8) is 0 Å². The molecule has 1 saturated heterocycles. The topological polar surface area (TPSA) is 15.6 Å². The molecule has 22 heavy (non-hydrogen) atoms. The molecule has 0 aromatic heterocycles. The van der Waals surface area contributed by atoms with Crippen LogP contribution in [0.2, 0.25) is 0 Å². The molecule has 0 spiro atoms. The quantitative estimate of drug-likeness (QED) is 0.731. The summed E-state index contributed by atoms with van der Waals surface area (Å²) in [7, 11) is 0. The molecule has 1 fully saturated rings. The Morgan fingerprint density at radius 1 is 1.05 bits per heavy atom. The third-order valence-electron chi connectivity index (χ3n) is 3.84. The van der Waals surface area contributed by atoms with Crippen LogP contribution in [0.25, 0.3) is 0 Å². The van der Waals surface area contributed by atoms with Gasteiger partial charge in [-0.1, -0.05) is 0 Å². The molecule has 0 radical (unpaired) electrons. The molecule has 3 rings (SSSR count). The second kappa shape index (κ2) is 7.62. The number of aliphatic imine (C=N–C) groups is 1. The molecular formula is C19H22N2Se. The minimum absolute atomic E-state index is 0.408. The number of para-hydroxylation sites is 1. The standard InChI is InChI=1S/C19H22N2Se/c1-2-3-14-21-15-18(16-10-6-4-7-11-16)22-19(21)20-17-12-8-5-9-13-17/h4-13,18H,2-3,14-15H2,1H3. The zero-order chi connectivity index (χ0) is 15.2.